The maximum absolute atomic E-state index is 3.74. The van der Waals surface area contributed by atoms with Gasteiger partial charge in [0.1, 0.15) is 0 Å². The maximum atomic E-state index is 3.74. The highest BCUT2D eigenvalue weighted by atomic mass is 15.8. The minimum absolute atomic E-state index is 0.915. The first-order chi connectivity index (χ1) is 4.84. The Labute approximate surface area is 62.2 Å². The fraction of sp³-hybridized carbons (Fsp3) is 0.571. The second-order valence-corrected chi connectivity index (χ2v) is 2.33. The van der Waals surface area contributed by atoms with Crippen LogP contribution in [-0.4, -0.2) is 30.3 Å². The lowest BCUT2D eigenvalue weighted by molar-refractivity contribution is 0.0297. The maximum Gasteiger partial charge on any atom is 0.0391 e. The summed E-state index contributed by atoms with van der Waals surface area (Å²) in [5, 5.41) is 4.07. The first-order valence-electron chi connectivity index (χ1n) is 3.54. The summed E-state index contributed by atoms with van der Waals surface area (Å²) in [5.74, 6) is 0. The van der Waals surface area contributed by atoms with E-state index in [1.807, 2.05) is 18.4 Å². The molecular weight excluding hydrogens is 126 g/mol. The molecule has 1 radical (unpaired) electrons. The van der Waals surface area contributed by atoms with Crippen LogP contribution in [0, 0.1) is 6.92 Å². The van der Waals surface area contributed by atoms with Crippen molar-refractivity contribution in [3.05, 3.63) is 19.2 Å². The van der Waals surface area contributed by atoms with Crippen molar-refractivity contribution >= 4 is 0 Å². The Morgan fingerprint density at radius 2 is 2.50 bits per heavy atom. The molecule has 0 bridgehead atoms. The molecule has 3 heteroatoms. The van der Waals surface area contributed by atoms with Crippen LogP contribution in [0.15, 0.2) is 12.3 Å². The van der Waals surface area contributed by atoms with E-state index in [0.717, 1.165) is 19.5 Å². The lowest BCUT2D eigenvalue weighted by Gasteiger charge is -2.25. The molecular formula is C7H14N3. The summed E-state index contributed by atoms with van der Waals surface area (Å²) in [6, 6.07) is 0. The highest BCUT2D eigenvalue weighted by Crippen LogP contribution is 1.99. The van der Waals surface area contributed by atoms with Crippen LogP contribution in [0.25, 0.3) is 0 Å². The van der Waals surface area contributed by atoms with Gasteiger partial charge in [0.05, 0.1) is 0 Å². The van der Waals surface area contributed by atoms with Crippen molar-refractivity contribution in [1.82, 2.24) is 15.6 Å². The summed E-state index contributed by atoms with van der Waals surface area (Å²) in [7, 11) is 2.04. The number of likely N-dealkylation sites (N-methyl/N-ethyl adjacent to an activating group) is 1. The molecule has 0 atom stereocenters. The van der Waals surface area contributed by atoms with Crippen LogP contribution in [0.3, 0.4) is 0 Å². The van der Waals surface area contributed by atoms with E-state index in [-0.39, 0.29) is 0 Å². The summed E-state index contributed by atoms with van der Waals surface area (Å²) in [4.78, 5) is 0. The van der Waals surface area contributed by atoms with Crippen molar-refractivity contribution in [2.24, 2.45) is 0 Å². The van der Waals surface area contributed by atoms with Gasteiger partial charge in [0.25, 0.3) is 0 Å². The van der Waals surface area contributed by atoms with E-state index in [4.69, 9.17) is 0 Å². The molecule has 10 heavy (non-hydrogen) atoms. The summed E-state index contributed by atoms with van der Waals surface area (Å²) < 4.78 is 0. The number of nitrogens with one attached hydrogen (secondary N) is 1. The average Bonchev–Trinajstić information content (AvgIpc) is 2.31. The van der Waals surface area contributed by atoms with Gasteiger partial charge in [0, 0.05) is 26.3 Å². The second kappa shape index (κ2) is 3.58. The number of nitrogens with zero attached hydrogens (tertiary/aromatic N) is 2. The highest BCUT2D eigenvalue weighted by molar-refractivity contribution is 4.88. The Morgan fingerprint density at radius 3 is 3.00 bits per heavy atom. The molecule has 1 N–H and O–H groups in total. The zero-order valence-corrected chi connectivity index (χ0v) is 6.38. The predicted molar refractivity (Wildman–Crippen MR) is 41.6 cm³/mol. The van der Waals surface area contributed by atoms with Gasteiger partial charge in [-0.2, -0.15) is 0 Å². The van der Waals surface area contributed by atoms with Gasteiger partial charge in [-0.3, -0.25) is 0 Å². The molecule has 0 aliphatic carbocycles. The van der Waals surface area contributed by atoms with Crippen LogP contribution in [0.1, 0.15) is 6.42 Å². The summed E-state index contributed by atoms with van der Waals surface area (Å²) in [6.45, 7) is 5.66. The molecule has 1 rings (SSSR count). The molecule has 3 nitrogen and oxygen atoms in total. The molecule has 1 aliphatic heterocycles. The van der Waals surface area contributed by atoms with Gasteiger partial charge in [-0.05, 0) is 12.5 Å². The van der Waals surface area contributed by atoms with Crippen molar-refractivity contribution in [2.45, 2.75) is 6.42 Å². The molecule has 1 aliphatic rings. The lowest BCUT2D eigenvalue weighted by atomic mass is 10.5. The quantitative estimate of drug-likeness (QED) is 0.612. The number of hydrogen-bond donors (Lipinski definition) is 1. The molecule has 0 amide bonds. The van der Waals surface area contributed by atoms with E-state index in [9.17, 15) is 0 Å². The molecule has 0 unspecified atom stereocenters. The Bertz CT molecular complexity index is 122. The molecule has 0 aromatic rings. The van der Waals surface area contributed by atoms with Gasteiger partial charge in [-0.15, -0.1) is 0 Å². The lowest BCUT2D eigenvalue weighted by Crippen LogP contribution is -2.42. The summed E-state index contributed by atoms with van der Waals surface area (Å²) >= 11 is 0. The van der Waals surface area contributed by atoms with E-state index < -0.39 is 0 Å². The normalized spacial score (nSPS) is 18.8. The van der Waals surface area contributed by atoms with Gasteiger partial charge in [-0.25, -0.2) is 15.6 Å². The Morgan fingerprint density at radius 1 is 1.70 bits per heavy atom. The summed E-state index contributed by atoms with van der Waals surface area (Å²) in [6.07, 6.45) is 5.05. The van der Waals surface area contributed by atoms with Gasteiger partial charge in [-0.1, -0.05) is 6.92 Å². The van der Waals surface area contributed by atoms with Crippen LogP contribution >= 0.6 is 0 Å². The van der Waals surface area contributed by atoms with E-state index in [1.165, 1.54) is 0 Å². The minimum atomic E-state index is 0.915. The van der Waals surface area contributed by atoms with Crippen molar-refractivity contribution < 1.29 is 0 Å². The monoisotopic (exact) mass is 140 g/mol. The van der Waals surface area contributed by atoms with Crippen molar-refractivity contribution in [3.63, 3.8) is 0 Å². The predicted octanol–water partition coefficient (Wildman–Crippen LogP) is 0.391. The molecule has 0 fully saturated rings. The average molecular weight is 140 g/mol. The van der Waals surface area contributed by atoms with Crippen molar-refractivity contribution in [3.8, 4) is 0 Å². The van der Waals surface area contributed by atoms with Gasteiger partial charge < -0.3 is 0 Å². The van der Waals surface area contributed by atoms with Crippen LogP contribution in [-0.2, 0) is 0 Å². The second-order valence-electron chi connectivity index (χ2n) is 2.33. The SMILES string of the molecule is [CH2]CCNN1C=CCN1C. The van der Waals surface area contributed by atoms with E-state index in [0.29, 0.717) is 0 Å². The van der Waals surface area contributed by atoms with Crippen LogP contribution in [0.4, 0.5) is 0 Å². The molecule has 0 spiro atoms. The zero-order valence-electron chi connectivity index (χ0n) is 6.38. The number of hydrogen-bond acceptors (Lipinski definition) is 3. The zero-order chi connectivity index (χ0) is 7.40. The first-order valence-corrected chi connectivity index (χ1v) is 3.54. The Hall–Kier alpha value is -0.540. The minimum Gasteiger partial charge on any atom is -0.247 e. The third-order valence-electron chi connectivity index (χ3n) is 1.43. The Balaban J connectivity index is 2.20. The molecule has 1 heterocycles. The third kappa shape index (κ3) is 1.72. The topological polar surface area (TPSA) is 18.5 Å². The van der Waals surface area contributed by atoms with Crippen LogP contribution in [0.5, 0.6) is 0 Å². The van der Waals surface area contributed by atoms with E-state index >= 15 is 0 Å². The highest BCUT2D eigenvalue weighted by Gasteiger charge is 2.08. The molecule has 0 aromatic heterocycles. The number of hydrazine groups is 2. The number of rotatable bonds is 3. The van der Waals surface area contributed by atoms with E-state index in [2.05, 4.69) is 23.4 Å². The van der Waals surface area contributed by atoms with Crippen LogP contribution in [0.2, 0.25) is 0 Å². The largest absolute Gasteiger partial charge is 0.247 e. The molecule has 0 saturated heterocycles. The van der Waals surface area contributed by atoms with Gasteiger partial charge in [0.2, 0.25) is 0 Å². The van der Waals surface area contributed by atoms with Gasteiger partial charge in [0.15, 0.2) is 0 Å². The standard InChI is InChI=1S/C7H14N3/c1-3-5-8-10-7-4-6-9(10)2/h4,7-8H,1,3,5-6H2,2H3. The van der Waals surface area contributed by atoms with Crippen molar-refractivity contribution in [1.29, 1.82) is 0 Å². The Kier molecular flexibility index (Phi) is 2.71. The van der Waals surface area contributed by atoms with E-state index in [1.54, 1.807) is 0 Å². The van der Waals surface area contributed by atoms with Crippen LogP contribution < -0.4 is 5.43 Å². The molecule has 57 valence electrons. The fourth-order valence-corrected chi connectivity index (χ4v) is 0.868. The molecule has 0 aromatic carbocycles. The summed E-state index contributed by atoms with van der Waals surface area (Å²) in [5.41, 5.74) is 3.19. The fourth-order valence-electron chi connectivity index (χ4n) is 0.868. The van der Waals surface area contributed by atoms with Crippen molar-refractivity contribution in [2.75, 3.05) is 20.1 Å². The smallest absolute Gasteiger partial charge is 0.0391 e. The third-order valence-corrected chi connectivity index (χ3v) is 1.43. The molecule has 0 saturated carbocycles. The first kappa shape index (κ1) is 7.57. The van der Waals surface area contributed by atoms with Gasteiger partial charge >= 0.3 is 0 Å².